The van der Waals surface area contributed by atoms with E-state index in [0.29, 0.717) is 12.1 Å². The number of nitrogens with one attached hydrogen (secondary N) is 1. The molecule has 1 amide bonds. The molecule has 0 radical (unpaired) electrons. The minimum absolute atomic E-state index is 0.0207. The summed E-state index contributed by atoms with van der Waals surface area (Å²) in [4.78, 5) is 17.1. The Bertz CT molecular complexity index is 1180. The Balaban J connectivity index is 1.79. The number of allylic oxidation sites excluding steroid dienone is 4. The van der Waals surface area contributed by atoms with Gasteiger partial charge in [0.2, 0.25) is 0 Å². The van der Waals surface area contributed by atoms with Gasteiger partial charge in [-0.05, 0) is 49.3 Å². The molecule has 9 heteroatoms. The number of amides is 1. The van der Waals surface area contributed by atoms with Crippen LogP contribution < -0.4 is 5.32 Å². The quantitative estimate of drug-likeness (QED) is 0.692. The Kier molecular flexibility index (Phi) is 5.56. The van der Waals surface area contributed by atoms with Gasteiger partial charge in [0.05, 0.1) is 17.0 Å². The van der Waals surface area contributed by atoms with Crippen LogP contribution in [0.15, 0.2) is 88.6 Å². The molecule has 2 aliphatic heterocycles. The van der Waals surface area contributed by atoms with Gasteiger partial charge < -0.3 is 10.4 Å². The van der Waals surface area contributed by atoms with Gasteiger partial charge in [-0.25, -0.2) is 9.99 Å². The van der Waals surface area contributed by atoms with Crippen LogP contribution in [0.1, 0.15) is 30.9 Å². The second-order valence-corrected chi connectivity index (χ2v) is 7.30. The second kappa shape index (κ2) is 8.33. The number of halogens is 3. The van der Waals surface area contributed by atoms with Gasteiger partial charge in [0.15, 0.2) is 5.70 Å². The predicted octanol–water partition coefficient (Wildman–Crippen LogP) is 5.15. The van der Waals surface area contributed by atoms with Crippen LogP contribution in [-0.2, 0) is 11.0 Å². The molecule has 32 heavy (non-hydrogen) atoms. The lowest BCUT2D eigenvalue weighted by Gasteiger charge is -2.27. The highest BCUT2D eigenvalue weighted by Crippen LogP contribution is 2.36. The number of alkyl halides is 3. The first-order valence-corrected chi connectivity index (χ1v) is 9.83. The number of pyridine rings is 1. The first-order valence-electron chi connectivity index (χ1n) is 9.83. The summed E-state index contributed by atoms with van der Waals surface area (Å²) < 4.78 is 40.7. The van der Waals surface area contributed by atoms with Crippen LogP contribution in [-0.4, -0.2) is 26.7 Å². The lowest BCUT2D eigenvalue weighted by atomic mass is 10.0. The summed E-state index contributed by atoms with van der Waals surface area (Å²) >= 11 is 0. The van der Waals surface area contributed by atoms with E-state index in [0.717, 1.165) is 11.6 Å². The van der Waals surface area contributed by atoms with Gasteiger partial charge in [-0.2, -0.15) is 18.3 Å². The number of fused-ring (bicyclic) bond motifs is 1. The van der Waals surface area contributed by atoms with Crippen molar-refractivity contribution in [3.8, 4) is 0 Å². The Morgan fingerprint density at radius 1 is 1.09 bits per heavy atom. The Morgan fingerprint density at radius 2 is 1.84 bits per heavy atom. The highest BCUT2D eigenvalue weighted by Gasteiger charge is 2.36. The zero-order valence-corrected chi connectivity index (χ0v) is 17.0. The van der Waals surface area contributed by atoms with E-state index in [1.807, 2.05) is 6.92 Å². The Labute approximate surface area is 182 Å². The fourth-order valence-electron chi connectivity index (χ4n) is 3.53. The van der Waals surface area contributed by atoms with Crippen LogP contribution in [0.2, 0.25) is 0 Å². The van der Waals surface area contributed by atoms with Gasteiger partial charge in [-0.15, -0.1) is 0 Å². The highest BCUT2D eigenvalue weighted by atomic mass is 19.4. The number of carbonyl (C=O) groups excluding carboxylic acids is 1. The molecule has 1 aromatic heterocycles. The summed E-state index contributed by atoms with van der Waals surface area (Å²) in [6.45, 7) is 1.82. The number of hydrogen-bond donors (Lipinski definition) is 2. The third-order valence-corrected chi connectivity index (χ3v) is 5.12. The molecule has 0 saturated carbocycles. The molecular formula is C23H19F3N4O2. The summed E-state index contributed by atoms with van der Waals surface area (Å²) in [6, 6.07) is 10.0. The molecular weight excluding hydrogens is 421 g/mol. The lowest BCUT2D eigenvalue weighted by Crippen LogP contribution is -2.31. The summed E-state index contributed by atoms with van der Waals surface area (Å²) in [5, 5.41) is 18.8. The van der Waals surface area contributed by atoms with Crippen LogP contribution in [0.3, 0.4) is 0 Å². The van der Waals surface area contributed by atoms with E-state index in [9.17, 15) is 23.1 Å². The number of aliphatic hydroxyl groups excluding tert-OH is 1. The molecule has 2 N–H and O–H groups in total. The van der Waals surface area contributed by atoms with E-state index >= 15 is 0 Å². The van der Waals surface area contributed by atoms with E-state index in [-0.39, 0.29) is 35.0 Å². The summed E-state index contributed by atoms with van der Waals surface area (Å²) in [5.74, 6) is -0.616. The number of aromatic nitrogens is 1. The van der Waals surface area contributed by atoms with E-state index in [1.54, 1.807) is 24.3 Å². The average molecular weight is 440 g/mol. The number of anilines is 1. The normalized spacial score (nSPS) is 16.5. The lowest BCUT2D eigenvalue weighted by molar-refractivity contribution is -0.137. The van der Waals surface area contributed by atoms with Crippen molar-refractivity contribution in [3.05, 3.63) is 94.7 Å². The van der Waals surface area contributed by atoms with Crippen molar-refractivity contribution >= 4 is 17.4 Å². The minimum atomic E-state index is -4.57. The fraction of sp³-hybridized carbons (Fsp3) is 0.174. The summed E-state index contributed by atoms with van der Waals surface area (Å²) in [6.07, 6.45) is 0.671. The van der Waals surface area contributed by atoms with Crippen molar-refractivity contribution in [2.75, 3.05) is 5.32 Å². The molecule has 6 nitrogen and oxygen atoms in total. The van der Waals surface area contributed by atoms with Crippen molar-refractivity contribution in [1.82, 2.24) is 9.99 Å². The largest absolute Gasteiger partial charge is 0.510 e. The molecule has 164 valence electrons. The Hall–Kier alpha value is -3.88. The molecule has 1 aromatic carbocycles. The monoisotopic (exact) mass is 440 g/mol. The van der Waals surface area contributed by atoms with Crippen molar-refractivity contribution in [2.45, 2.75) is 25.9 Å². The van der Waals surface area contributed by atoms with Crippen LogP contribution in [0.5, 0.6) is 0 Å². The topological polar surface area (TPSA) is 77.8 Å². The number of hydrogen-bond acceptors (Lipinski definition) is 5. The maximum Gasteiger partial charge on any atom is 0.417 e. The van der Waals surface area contributed by atoms with E-state index in [2.05, 4.69) is 15.4 Å². The van der Waals surface area contributed by atoms with Crippen LogP contribution in [0.4, 0.5) is 19.0 Å². The van der Waals surface area contributed by atoms with E-state index in [1.165, 1.54) is 35.5 Å². The number of hydrazone groups is 1. The molecule has 0 saturated heterocycles. The molecule has 0 aliphatic carbocycles. The SMILES string of the molecule is CC1=C2C=CC(c3ccccc3C(F)(F)F)=NN2C(C(=O)Nc2ccccn2)=C(O)CC1. The number of carbonyl (C=O) groups is 1. The molecule has 0 unspecified atom stereocenters. The maximum absolute atomic E-state index is 13.6. The Morgan fingerprint density at radius 3 is 2.56 bits per heavy atom. The van der Waals surface area contributed by atoms with Gasteiger partial charge in [0.1, 0.15) is 11.6 Å². The smallest absolute Gasteiger partial charge is 0.417 e. The number of nitrogens with zero attached hydrogens (tertiary/aromatic N) is 3. The van der Waals surface area contributed by atoms with Crippen molar-refractivity contribution in [2.24, 2.45) is 5.10 Å². The number of benzene rings is 1. The van der Waals surface area contributed by atoms with Crippen LogP contribution >= 0.6 is 0 Å². The molecule has 2 aromatic rings. The number of aliphatic hydroxyl groups is 1. The van der Waals surface area contributed by atoms with Gasteiger partial charge >= 0.3 is 6.18 Å². The van der Waals surface area contributed by atoms with Crippen LogP contribution in [0.25, 0.3) is 0 Å². The summed E-state index contributed by atoms with van der Waals surface area (Å²) in [7, 11) is 0. The third kappa shape index (κ3) is 4.14. The molecule has 3 heterocycles. The predicted molar refractivity (Wildman–Crippen MR) is 113 cm³/mol. The van der Waals surface area contributed by atoms with Gasteiger partial charge in [-0.3, -0.25) is 4.79 Å². The van der Waals surface area contributed by atoms with E-state index < -0.39 is 17.6 Å². The third-order valence-electron chi connectivity index (χ3n) is 5.12. The molecule has 0 spiro atoms. The van der Waals surface area contributed by atoms with Crippen molar-refractivity contribution in [3.63, 3.8) is 0 Å². The van der Waals surface area contributed by atoms with Crippen LogP contribution in [0, 0.1) is 0 Å². The zero-order valence-electron chi connectivity index (χ0n) is 17.0. The maximum atomic E-state index is 13.6. The fourth-order valence-corrected chi connectivity index (χ4v) is 3.53. The van der Waals surface area contributed by atoms with Crippen molar-refractivity contribution < 1.29 is 23.1 Å². The van der Waals surface area contributed by atoms with Gasteiger partial charge in [0, 0.05) is 18.2 Å². The first kappa shape index (κ1) is 21.4. The molecule has 0 bridgehead atoms. The molecule has 0 fully saturated rings. The van der Waals surface area contributed by atoms with Gasteiger partial charge in [-0.1, -0.05) is 24.3 Å². The van der Waals surface area contributed by atoms with E-state index in [4.69, 9.17) is 0 Å². The first-order chi connectivity index (χ1) is 15.3. The highest BCUT2D eigenvalue weighted by molar-refractivity contribution is 6.11. The molecule has 0 atom stereocenters. The summed E-state index contributed by atoms with van der Waals surface area (Å²) in [5.41, 5.74) is 0.256. The molecule has 4 rings (SSSR count). The van der Waals surface area contributed by atoms with Crippen molar-refractivity contribution in [1.29, 1.82) is 0 Å². The van der Waals surface area contributed by atoms with Gasteiger partial charge in [0.25, 0.3) is 5.91 Å². The zero-order chi connectivity index (χ0) is 22.9. The second-order valence-electron chi connectivity index (χ2n) is 7.30. The average Bonchev–Trinajstić information content (AvgIpc) is 2.89. The number of rotatable bonds is 3. The molecule has 2 aliphatic rings. The standard InChI is InChI=1S/C23H19F3N4O2/c1-14-9-12-19(31)21(22(32)28-20-8-4-5-13-27-20)30-18(14)11-10-17(29-30)15-6-2-3-7-16(15)23(24,25)26/h2-8,10-11,13,31H,9,12H2,1H3,(H,27,28,32). The minimum Gasteiger partial charge on any atom is -0.510 e.